The fraction of sp³-hybridized carbons (Fsp3) is 0.0938. The molecule has 0 aliphatic carbocycles. The van der Waals surface area contributed by atoms with Crippen LogP contribution < -0.4 is 0 Å². The van der Waals surface area contributed by atoms with Gasteiger partial charge in [0, 0.05) is 47.0 Å². The summed E-state index contributed by atoms with van der Waals surface area (Å²) in [6, 6.07) is 17.3. The van der Waals surface area contributed by atoms with Gasteiger partial charge in [-0.1, -0.05) is 0 Å². The Morgan fingerprint density at radius 1 is 0.643 bits per heavy atom. The van der Waals surface area contributed by atoms with Gasteiger partial charge in [-0.25, -0.2) is 23.5 Å². The van der Waals surface area contributed by atoms with Crippen molar-refractivity contribution in [2.45, 2.75) is 19.0 Å². The van der Waals surface area contributed by atoms with Crippen molar-refractivity contribution in [3.05, 3.63) is 122 Å². The Balaban J connectivity index is 1.53. The molecule has 2 aromatic carbocycles. The number of halogens is 2. The number of hydrogen-bond acceptors (Lipinski definition) is 5. The van der Waals surface area contributed by atoms with E-state index in [1.54, 1.807) is 83.6 Å². The summed E-state index contributed by atoms with van der Waals surface area (Å²) in [6.45, 7) is 1.80. The molecule has 0 saturated heterocycles. The van der Waals surface area contributed by atoms with E-state index in [9.17, 15) is 18.7 Å². The zero-order valence-corrected chi connectivity index (χ0v) is 22.3. The van der Waals surface area contributed by atoms with E-state index in [0.717, 1.165) is 5.56 Å². The predicted octanol–water partition coefficient (Wildman–Crippen LogP) is 6.70. The highest BCUT2D eigenvalue weighted by molar-refractivity contribution is 5.82. The zero-order chi connectivity index (χ0) is 29.2. The van der Waals surface area contributed by atoms with Gasteiger partial charge in [0.05, 0.1) is 41.5 Å². The van der Waals surface area contributed by atoms with Gasteiger partial charge in [0.1, 0.15) is 11.6 Å². The van der Waals surface area contributed by atoms with Crippen LogP contribution in [-0.4, -0.2) is 40.1 Å². The van der Waals surface area contributed by atoms with Gasteiger partial charge in [-0.3, -0.25) is 9.97 Å². The van der Waals surface area contributed by atoms with Crippen LogP contribution in [0.3, 0.4) is 0 Å². The maximum absolute atomic E-state index is 13.7. The molecule has 2 atom stereocenters. The number of hydrogen-bond donors (Lipinski definition) is 1. The summed E-state index contributed by atoms with van der Waals surface area (Å²) in [6.07, 6.45) is 9.62. The van der Waals surface area contributed by atoms with Gasteiger partial charge in [-0.2, -0.15) is 0 Å². The minimum absolute atomic E-state index is 0.372. The molecule has 0 saturated carbocycles. The third kappa shape index (κ3) is 4.94. The number of imidazole rings is 2. The SMILES string of the molecule is CC(C(C(=O)O)n1cnc(-c2ccc(F)cc2)c1-c1ccncc1)n1cnc(-c2ccc(F)cc2)c1-c1ccncc1. The highest BCUT2D eigenvalue weighted by atomic mass is 19.1. The number of aromatic nitrogens is 6. The fourth-order valence-corrected chi connectivity index (χ4v) is 5.18. The van der Waals surface area contributed by atoms with Crippen molar-refractivity contribution in [2.75, 3.05) is 0 Å². The summed E-state index contributed by atoms with van der Waals surface area (Å²) < 4.78 is 30.9. The maximum Gasteiger partial charge on any atom is 0.328 e. The molecule has 208 valence electrons. The van der Waals surface area contributed by atoms with Crippen molar-refractivity contribution in [3.63, 3.8) is 0 Å². The molecule has 0 aliphatic rings. The van der Waals surface area contributed by atoms with Gasteiger partial charge in [0.15, 0.2) is 6.04 Å². The molecule has 2 unspecified atom stereocenters. The van der Waals surface area contributed by atoms with Crippen molar-refractivity contribution in [3.8, 4) is 45.0 Å². The van der Waals surface area contributed by atoms with Crippen LogP contribution in [0.2, 0.25) is 0 Å². The van der Waals surface area contributed by atoms with Crippen LogP contribution in [0.25, 0.3) is 45.0 Å². The van der Waals surface area contributed by atoms with Crippen molar-refractivity contribution >= 4 is 5.97 Å². The molecule has 0 bridgehead atoms. The number of carboxylic acid groups (broad SMARTS) is 1. The van der Waals surface area contributed by atoms with Crippen LogP contribution in [-0.2, 0) is 4.79 Å². The summed E-state index contributed by atoms with van der Waals surface area (Å²) in [5.41, 5.74) is 5.07. The number of aliphatic carboxylic acids is 1. The standard InChI is InChI=1S/C32H24F2N6O2/c1-20(39-18-37-27(21-2-6-25(33)7-3-21)30(39)23-10-14-35-15-11-23)29(32(41)42)40-19-38-28(22-4-8-26(34)9-5-22)31(40)24-12-16-36-17-13-24/h2-20,29H,1H3,(H,41,42). The second-order valence-corrected chi connectivity index (χ2v) is 9.71. The van der Waals surface area contributed by atoms with Gasteiger partial charge in [-0.05, 0) is 79.7 Å². The third-order valence-corrected chi connectivity index (χ3v) is 7.18. The number of carbonyl (C=O) groups is 1. The molecular formula is C32H24F2N6O2. The van der Waals surface area contributed by atoms with Crippen LogP contribution in [0, 0.1) is 11.6 Å². The molecule has 0 radical (unpaired) electrons. The van der Waals surface area contributed by atoms with Gasteiger partial charge in [0.25, 0.3) is 0 Å². The lowest BCUT2D eigenvalue weighted by Crippen LogP contribution is -2.28. The summed E-state index contributed by atoms with van der Waals surface area (Å²) in [4.78, 5) is 30.5. The molecule has 0 aliphatic heterocycles. The number of pyridine rings is 2. The van der Waals surface area contributed by atoms with Crippen molar-refractivity contribution in [1.82, 2.24) is 29.1 Å². The van der Waals surface area contributed by atoms with E-state index in [2.05, 4.69) is 19.9 Å². The second-order valence-electron chi connectivity index (χ2n) is 9.71. The largest absolute Gasteiger partial charge is 0.480 e. The highest BCUT2D eigenvalue weighted by Gasteiger charge is 2.33. The first-order valence-corrected chi connectivity index (χ1v) is 13.1. The van der Waals surface area contributed by atoms with E-state index < -0.39 is 18.1 Å². The summed E-state index contributed by atoms with van der Waals surface area (Å²) in [5, 5.41) is 10.7. The molecule has 0 fully saturated rings. The summed E-state index contributed by atoms with van der Waals surface area (Å²) >= 11 is 0. The smallest absolute Gasteiger partial charge is 0.328 e. The lowest BCUT2D eigenvalue weighted by atomic mass is 10.0. The topological polar surface area (TPSA) is 98.7 Å². The molecule has 8 nitrogen and oxygen atoms in total. The Kier molecular flexibility index (Phi) is 7.10. The first-order chi connectivity index (χ1) is 20.4. The Bertz CT molecular complexity index is 1840. The Morgan fingerprint density at radius 3 is 1.48 bits per heavy atom. The molecule has 6 aromatic rings. The number of benzene rings is 2. The fourth-order valence-electron chi connectivity index (χ4n) is 5.18. The van der Waals surface area contributed by atoms with Crippen LogP contribution in [0.4, 0.5) is 8.78 Å². The first kappa shape index (κ1) is 26.7. The van der Waals surface area contributed by atoms with Gasteiger partial charge < -0.3 is 14.2 Å². The number of rotatable bonds is 8. The van der Waals surface area contributed by atoms with Crippen LogP contribution in [0.1, 0.15) is 19.0 Å². The molecule has 4 heterocycles. The number of carboxylic acids is 1. The van der Waals surface area contributed by atoms with Gasteiger partial charge in [0.2, 0.25) is 0 Å². The zero-order valence-electron chi connectivity index (χ0n) is 22.3. The lowest BCUT2D eigenvalue weighted by Gasteiger charge is -2.26. The van der Waals surface area contributed by atoms with E-state index in [1.807, 2.05) is 12.1 Å². The van der Waals surface area contributed by atoms with Crippen LogP contribution in [0.5, 0.6) is 0 Å². The van der Waals surface area contributed by atoms with E-state index in [-0.39, 0.29) is 11.6 Å². The first-order valence-electron chi connectivity index (χ1n) is 13.1. The monoisotopic (exact) mass is 562 g/mol. The third-order valence-electron chi connectivity index (χ3n) is 7.18. The van der Waals surface area contributed by atoms with Crippen molar-refractivity contribution < 1.29 is 18.7 Å². The van der Waals surface area contributed by atoms with E-state index >= 15 is 0 Å². The molecule has 6 rings (SSSR count). The van der Waals surface area contributed by atoms with E-state index in [1.165, 1.54) is 30.6 Å². The summed E-state index contributed by atoms with van der Waals surface area (Å²) in [7, 11) is 0. The Labute approximate surface area is 239 Å². The molecule has 10 heteroatoms. The second kappa shape index (κ2) is 11.2. The molecule has 1 N–H and O–H groups in total. The quantitative estimate of drug-likeness (QED) is 0.222. The van der Waals surface area contributed by atoms with Gasteiger partial charge in [-0.15, -0.1) is 0 Å². The lowest BCUT2D eigenvalue weighted by molar-refractivity contribution is -0.142. The number of nitrogens with zero attached hydrogens (tertiary/aromatic N) is 6. The van der Waals surface area contributed by atoms with Crippen LogP contribution in [0.15, 0.2) is 110 Å². The van der Waals surface area contributed by atoms with E-state index in [4.69, 9.17) is 0 Å². The molecule has 4 aromatic heterocycles. The minimum atomic E-state index is -1.13. The van der Waals surface area contributed by atoms with Crippen LogP contribution >= 0.6 is 0 Å². The Morgan fingerprint density at radius 2 is 1.05 bits per heavy atom. The average molecular weight is 563 g/mol. The predicted molar refractivity (Wildman–Crippen MR) is 153 cm³/mol. The molecule has 42 heavy (non-hydrogen) atoms. The Hall–Kier alpha value is -5.51. The molecular weight excluding hydrogens is 538 g/mol. The minimum Gasteiger partial charge on any atom is -0.480 e. The molecule has 0 amide bonds. The van der Waals surface area contributed by atoms with Crippen molar-refractivity contribution in [2.24, 2.45) is 0 Å². The molecule has 0 spiro atoms. The average Bonchev–Trinajstić information content (AvgIpc) is 3.64. The maximum atomic E-state index is 13.7. The normalized spacial score (nSPS) is 12.6. The van der Waals surface area contributed by atoms with E-state index in [0.29, 0.717) is 39.5 Å². The van der Waals surface area contributed by atoms with Gasteiger partial charge >= 0.3 is 5.97 Å². The highest BCUT2D eigenvalue weighted by Crippen LogP contribution is 2.39. The van der Waals surface area contributed by atoms with Crippen molar-refractivity contribution in [1.29, 1.82) is 0 Å². The summed E-state index contributed by atoms with van der Waals surface area (Å²) in [5.74, 6) is -1.84.